The molecular weight excluding hydrogens is 460 g/mol. The standard InChI is InChI=1S/C25H19ClN2O4S/c1-28-23(29)22(33-25(28)27-20-10-6-18(7-11-20)24(30)31)14-16-4-12-21(13-5-16)32-15-17-2-8-19(26)9-3-17/h2-14H,15H2,1H3,(H,30,31)/b22-14-,27-25?. The van der Waals surface area contributed by atoms with E-state index < -0.39 is 5.97 Å². The van der Waals surface area contributed by atoms with Gasteiger partial charge in [-0.05, 0) is 77.5 Å². The highest BCUT2D eigenvalue weighted by molar-refractivity contribution is 8.18. The Bertz CT molecular complexity index is 1240. The van der Waals surface area contributed by atoms with Gasteiger partial charge in [0.05, 0.1) is 16.2 Å². The number of aromatic carboxylic acids is 1. The Morgan fingerprint density at radius 3 is 2.36 bits per heavy atom. The third kappa shape index (κ3) is 5.63. The quantitative estimate of drug-likeness (QED) is 0.449. The van der Waals surface area contributed by atoms with E-state index in [9.17, 15) is 9.59 Å². The van der Waals surface area contributed by atoms with Gasteiger partial charge in [-0.15, -0.1) is 0 Å². The summed E-state index contributed by atoms with van der Waals surface area (Å²) >= 11 is 7.17. The predicted octanol–water partition coefficient (Wildman–Crippen LogP) is 5.85. The Morgan fingerprint density at radius 1 is 1.06 bits per heavy atom. The fraction of sp³-hybridized carbons (Fsp3) is 0.0800. The number of hydrogen-bond donors (Lipinski definition) is 1. The number of amidine groups is 1. The maximum absolute atomic E-state index is 12.6. The zero-order valence-electron chi connectivity index (χ0n) is 17.6. The molecule has 1 aliphatic rings. The van der Waals surface area contributed by atoms with E-state index in [1.165, 1.54) is 28.8 Å². The summed E-state index contributed by atoms with van der Waals surface area (Å²) in [6.07, 6.45) is 1.81. The van der Waals surface area contributed by atoms with Crippen molar-refractivity contribution in [2.45, 2.75) is 6.61 Å². The molecule has 4 rings (SSSR count). The molecule has 0 saturated carbocycles. The average molecular weight is 479 g/mol. The van der Waals surface area contributed by atoms with Gasteiger partial charge in [-0.3, -0.25) is 9.69 Å². The molecule has 0 spiro atoms. The molecule has 1 amide bonds. The lowest BCUT2D eigenvalue weighted by Crippen LogP contribution is -2.23. The van der Waals surface area contributed by atoms with Gasteiger partial charge in [-0.2, -0.15) is 0 Å². The van der Waals surface area contributed by atoms with Crippen molar-refractivity contribution in [1.29, 1.82) is 0 Å². The second-order valence-corrected chi connectivity index (χ2v) is 8.65. The van der Waals surface area contributed by atoms with E-state index >= 15 is 0 Å². The lowest BCUT2D eigenvalue weighted by Gasteiger charge is -2.07. The van der Waals surface area contributed by atoms with Gasteiger partial charge in [-0.1, -0.05) is 35.9 Å². The molecule has 33 heavy (non-hydrogen) atoms. The minimum atomic E-state index is -0.997. The maximum Gasteiger partial charge on any atom is 0.335 e. The normalized spacial score (nSPS) is 15.9. The highest BCUT2D eigenvalue weighted by Gasteiger charge is 2.30. The number of thioether (sulfide) groups is 1. The number of aliphatic imine (C=N–C) groups is 1. The minimum Gasteiger partial charge on any atom is -0.489 e. The van der Waals surface area contributed by atoms with E-state index in [0.29, 0.717) is 27.4 Å². The number of rotatable bonds is 6. The van der Waals surface area contributed by atoms with Crippen LogP contribution in [0.1, 0.15) is 21.5 Å². The molecule has 0 aliphatic carbocycles. The van der Waals surface area contributed by atoms with Crippen molar-refractivity contribution in [3.05, 3.63) is 99.4 Å². The number of nitrogens with zero attached hydrogens (tertiary/aromatic N) is 2. The molecule has 3 aromatic rings. The molecule has 1 N–H and O–H groups in total. The zero-order valence-corrected chi connectivity index (χ0v) is 19.1. The number of amides is 1. The van der Waals surface area contributed by atoms with Crippen LogP contribution in [0.5, 0.6) is 5.75 Å². The van der Waals surface area contributed by atoms with Crippen LogP contribution in [-0.2, 0) is 11.4 Å². The maximum atomic E-state index is 12.6. The molecule has 0 unspecified atom stereocenters. The van der Waals surface area contributed by atoms with Gasteiger partial charge in [0.25, 0.3) is 5.91 Å². The van der Waals surface area contributed by atoms with Crippen molar-refractivity contribution in [3.8, 4) is 5.75 Å². The fourth-order valence-electron chi connectivity index (χ4n) is 3.00. The molecule has 1 heterocycles. The Hall–Kier alpha value is -3.55. The van der Waals surface area contributed by atoms with Crippen molar-refractivity contribution in [2.24, 2.45) is 4.99 Å². The molecule has 0 bridgehead atoms. The summed E-state index contributed by atoms with van der Waals surface area (Å²) in [5.74, 6) is -0.422. The topological polar surface area (TPSA) is 79.2 Å². The summed E-state index contributed by atoms with van der Waals surface area (Å²) in [4.78, 5) is 30.1. The third-order valence-electron chi connectivity index (χ3n) is 4.84. The summed E-state index contributed by atoms with van der Waals surface area (Å²) in [6.45, 7) is 0.435. The monoisotopic (exact) mass is 478 g/mol. The van der Waals surface area contributed by atoms with Crippen LogP contribution in [0.2, 0.25) is 5.02 Å². The Morgan fingerprint density at radius 2 is 1.73 bits per heavy atom. The number of likely N-dealkylation sites (N-methyl/N-ethyl adjacent to an activating group) is 1. The van der Waals surface area contributed by atoms with Crippen molar-refractivity contribution in [2.75, 3.05) is 7.05 Å². The third-order valence-corrected chi connectivity index (χ3v) is 6.15. The Balaban J connectivity index is 1.43. The first-order valence-electron chi connectivity index (χ1n) is 9.96. The van der Waals surface area contributed by atoms with Crippen molar-refractivity contribution >= 4 is 52.2 Å². The Kier molecular flexibility index (Phi) is 6.82. The largest absolute Gasteiger partial charge is 0.489 e. The van der Waals surface area contributed by atoms with E-state index in [2.05, 4.69) is 4.99 Å². The first-order chi connectivity index (χ1) is 15.9. The second-order valence-electron chi connectivity index (χ2n) is 7.21. The number of hydrogen-bond acceptors (Lipinski definition) is 5. The van der Waals surface area contributed by atoms with Crippen LogP contribution < -0.4 is 4.74 Å². The van der Waals surface area contributed by atoms with Gasteiger partial charge >= 0.3 is 5.97 Å². The molecule has 0 radical (unpaired) electrons. The van der Waals surface area contributed by atoms with Gasteiger partial charge in [0.15, 0.2) is 5.17 Å². The highest BCUT2D eigenvalue weighted by Crippen LogP contribution is 2.33. The molecule has 8 heteroatoms. The first kappa shape index (κ1) is 22.6. The average Bonchev–Trinajstić information content (AvgIpc) is 3.07. The molecule has 1 aliphatic heterocycles. The minimum absolute atomic E-state index is 0.149. The lowest BCUT2D eigenvalue weighted by molar-refractivity contribution is -0.121. The van der Waals surface area contributed by atoms with Crippen molar-refractivity contribution in [1.82, 2.24) is 4.90 Å². The van der Waals surface area contributed by atoms with Gasteiger partial charge in [0.1, 0.15) is 12.4 Å². The van der Waals surface area contributed by atoms with Crippen LogP contribution in [0.4, 0.5) is 5.69 Å². The van der Waals surface area contributed by atoms with Crippen LogP contribution in [0.25, 0.3) is 6.08 Å². The van der Waals surface area contributed by atoms with Gasteiger partial charge in [0.2, 0.25) is 0 Å². The van der Waals surface area contributed by atoms with Crippen LogP contribution in [0, 0.1) is 0 Å². The van der Waals surface area contributed by atoms with Crippen LogP contribution in [0.3, 0.4) is 0 Å². The molecule has 0 aromatic heterocycles. The Labute approximate surface area is 200 Å². The van der Waals surface area contributed by atoms with Gasteiger partial charge in [0, 0.05) is 12.1 Å². The molecule has 3 aromatic carbocycles. The summed E-state index contributed by atoms with van der Waals surface area (Å²) in [7, 11) is 1.66. The number of halogens is 1. The van der Waals surface area contributed by atoms with E-state index in [1.54, 1.807) is 19.2 Å². The van der Waals surface area contributed by atoms with E-state index in [0.717, 1.165) is 16.9 Å². The smallest absolute Gasteiger partial charge is 0.335 e. The molecular formula is C25H19ClN2O4S. The first-order valence-corrected chi connectivity index (χ1v) is 11.2. The SMILES string of the molecule is CN1C(=O)/C(=C/c2ccc(OCc3ccc(Cl)cc3)cc2)SC1=Nc1ccc(C(=O)O)cc1. The van der Waals surface area contributed by atoms with Gasteiger partial charge < -0.3 is 9.84 Å². The molecule has 1 saturated heterocycles. The van der Waals surface area contributed by atoms with E-state index in [4.69, 9.17) is 21.4 Å². The molecule has 0 atom stereocenters. The zero-order chi connectivity index (χ0) is 23.4. The number of carbonyl (C=O) groups excluding carboxylic acids is 1. The van der Waals surface area contributed by atoms with Crippen LogP contribution in [-0.4, -0.2) is 34.1 Å². The number of carboxylic acid groups (broad SMARTS) is 1. The lowest BCUT2D eigenvalue weighted by atomic mass is 10.2. The molecule has 166 valence electrons. The highest BCUT2D eigenvalue weighted by atomic mass is 35.5. The predicted molar refractivity (Wildman–Crippen MR) is 131 cm³/mol. The van der Waals surface area contributed by atoms with Crippen LogP contribution >= 0.6 is 23.4 Å². The summed E-state index contributed by atoms with van der Waals surface area (Å²) in [5.41, 5.74) is 2.64. The summed E-state index contributed by atoms with van der Waals surface area (Å²) in [6, 6.07) is 21.2. The molecule has 1 fully saturated rings. The number of carboxylic acids is 1. The summed E-state index contributed by atoms with van der Waals surface area (Å²) in [5, 5.41) is 10.2. The van der Waals surface area contributed by atoms with E-state index in [1.807, 2.05) is 54.6 Å². The molecule has 6 nitrogen and oxygen atoms in total. The van der Waals surface area contributed by atoms with E-state index in [-0.39, 0.29) is 11.5 Å². The number of carbonyl (C=O) groups is 2. The summed E-state index contributed by atoms with van der Waals surface area (Å²) < 4.78 is 5.80. The number of benzene rings is 3. The fourth-order valence-corrected chi connectivity index (χ4v) is 4.11. The van der Waals surface area contributed by atoms with Gasteiger partial charge in [-0.25, -0.2) is 9.79 Å². The van der Waals surface area contributed by atoms with Crippen LogP contribution in [0.15, 0.2) is 82.7 Å². The second kappa shape index (κ2) is 9.94. The van der Waals surface area contributed by atoms with Crippen molar-refractivity contribution < 1.29 is 19.4 Å². The number of ether oxygens (including phenoxy) is 1. The van der Waals surface area contributed by atoms with Crippen molar-refractivity contribution in [3.63, 3.8) is 0 Å².